The molecule has 0 amide bonds. The highest BCUT2D eigenvalue weighted by atomic mass is 32.1. The van der Waals surface area contributed by atoms with Crippen LogP contribution < -0.4 is 0 Å². The molecule has 0 unspecified atom stereocenters. The molecule has 0 fully saturated rings. The van der Waals surface area contributed by atoms with Crippen LogP contribution in [0.5, 0.6) is 0 Å². The summed E-state index contributed by atoms with van der Waals surface area (Å²) in [5.41, 5.74) is 1.93. The number of rotatable bonds is 2. The van der Waals surface area contributed by atoms with Crippen LogP contribution in [0.25, 0.3) is 10.7 Å². The van der Waals surface area contributed by atoms with Gasteiger partial charge in [0.2, 0.25) is 0 Å². The highest BCUT2D eigenvalue weighted by molar-refractivity contribution is 7.13. The third-order valence-corrected chi connectivity index (χ3v) is 2.69. The Morgan fingerprint density at radius 3 is 2.50 bits per heavy atom. The smallest absolute Gasteiger partial charge is 0.143 e. The molecule has 2 aromatic rings. The molecule has 2 aromatic heterocycles. The van der Waals surface area contributed by atoms with Crippen molar-refractivity contribution in [2.45, 2.75) is 19.8 Å². The van der Waals surface area contributed by atoms with Crippen molar-refractivity contribution < 1.29 is 0 Å². The lowest BCUT2D eigenvalue weighted by atomic mass is 10.1. The molecule has 3 nitrogen and oxygen atoms in total. The maximum atomic E-state index is 4.34. The third kappa shape index (κ3) is 1.65. The highest BCUT2D eigenvalue weighted by Crippen LogP contribution is 2.26. The van der Waals surface area contributed by atoms with Crippen molar-refractivity contribution in [3.63, 3.8) is 0 Å². The topological polar surface area (TPSA) is 38.7 Å². The van der Waals surface area contributed by atoms with Crippen LogP contribution in [0.2, 0.25) is 0 Å². The summed E-state index contributed by atoms with van der Waals surface area (Å²) in [6.45, 7) is 4.22. The maximum absolute atomic E-state index is 4.34. The van der Waals surface area contributed by atoms with Gasteiger partial charge >= 0.3 is 0 Å². The van der Waals surface area contributed by atoms with Crippen molar-refractivity contribution in [2.24, 2.45) is 0 Å². The van der Waals surface area contributed by atoms with E-state index in [2.05, 4.69) is 28.8 Å². The minimum absolute atomic E-state index is 0.377. The summed E-state index contributed by atoms with van der Waals surface area (Å²) in [5, 5.41) is 2.90. The van der Waals surface area contributed by atoms with Crippen LogP contribution in [0.3, 0.4) is 0 Å². The number of thiazole rings is 1. The molecule has 0 bridgehead atoms. The summed E-state index contributed by atoms with van der Waals surface area (Å²) in [7, 11) is 0. The zero-order valence-corrected chi connectivity index (χ0v) is 8.95. The number of hydrogen-bond acceptors (Lipinski definition) is 4. The SMILES string of the molecule is CC(C)c1nccnc1-c1nccs1. The normalized spacial score (nSPS) is 10.8. The molecule has 0 atom stereocenters. The molecule has 2 rings (SSSR count). The second-order valence-electron chi connectivity index (χ2n) is 3.28. The third-order valence-electron chi connectivity index (χ3n) is 1.91. The Kier molecular flexibility index (Phi) is 2.54. The van der Waals surface area contributed by atoms with Gasteiger partial charge in [0.05, 0.1) is 5.69 Å². The van der Waals surface area contributed by atoms with E-state index in [0.29, 0.717) is 5.92 Å². The average molecular weight is 205 g/mol. The lowest BCUT2D eigenvalue weighted by molar-refractivity contribution is 0.815. The fourth-order valence-corrected chi connectivity index (χ4v) is 1.92. The first-order valence-electron chi connectivity index (χ1n) is 4.50. The van der Waals surface area contributed by atoms with E-state index in [1.165, 1.54) is 0 Å². The number of hydrogen-bond donors (Lipinski definition) is 0. The molecule has 14 heavy (non-hydrogen) atoms. The van der Waals surface area contributed by atoms with Crippen LogP contribution in [0.1, 0.15) is 25.5 Å². The van der Waals surface area contributed by atoms with Crippen molar-refractivity contribution in [3.8, 4) is 10.7 Å². The predicted molar refractivity (Wildman–Crippen MR) is 57.2 cm³/mol. The summed E-state index contributed by atoms with van der Waals surface area (Å²) < 4.78 is 0. The van der Waals surface area contributed by atoms with E-state index in [0.717, 1.165) is 16.4 Å². The van der Waals surface area contributed by atoms with Crippen molar-refractivity contribution in [2.75, 3.05) is 0 Å². The van der Waals surface area contributed by atoms with Crippen LogP contribution in [-0.4, -0.2) is 15.0 Å². The molecule has 0 aliphatic heterocycles. The van der Waals surface area contributed by atoms with E-state index >= 15 is 0 Å². The Morgan fingerprint density at radius 2 is 1.86 bits per heavy atom. The summed E-state index contributed by atoms with van der Waals surface area (Å²) in [4.78, 5) is 12.9. The summed E-state index contributed by atoms with van der Waals surface area (Å²) in [6.07, 6.45) is 5.23. The Balaban J connectivity index is 2.53. The predicted octanol–water partition coefficient (Wildman–Crippen LogP) is 2.72. The minimum atomic E-state index is 0.377. The molecular formula is C10H11N3S. The standard InChI is InChI=1S/C10H11N3S/c1-7(2)8-9(12-4-3-11-8)10-13-5-6-14-10/h3-7H,1-2H3. The van der Waals surface area contributed by atoms with Crippen molar-refractivity contribution in [1.82, 2.24) is 15.0 Å². The van der Waals surface area contributed by atoms with E-state index in [4.69, 9.17) is 0 Å². The maximum Gasteiger partial charge on any atom is 0.143 e. The van der Waals surface area contributed by atoms with Crippen LogP contribution in [0.15, 0.2) is 24.0 Å². The fourth-order valence-electron chi connectivity index (χ4n) is 1.28. The second kappa shape index (κ2) is 3.84. The van der Waals surface area contributed by atoms with Crippen LogP contribution >= 0.6 is 11.3 Å². The lowest BCUT2D eigenvalue weighted by Crippen LogP contribution is -1.98. The van der Waals surface area contributed by atoms with E-state index in [1.54, 1.807) is 29.9 Å². The van der Waals surface area contributed by atoms with E-state index in [9.17, 15) is 0 Å². The zero-order valence-electron chi connectivity index (χ0n) is 8.14. The van der Waals surface area contributed by atoms with E-state index < -0.39 is 0 Å². The largest absolute Gasteiger partial charge is 0.257 e. The summed E-state index contributed by atoms with van der Waals surface area (Å²) in [6, 6.07) is 0. The van der Waals surface area contributed by atoms with Gasteiger partial charge in [-0.2, -0.15) is 0 Å². The van der Waals surface area contributed by atoms with Crippen molar-refractivity contribution >= 4 is 11.3 Å². The van der Waals surface area contributed by atoms with Crippen molar-refractivity contribution in [1.29, 1.82) is 0 Å². The van der Waals surface area contributed by atoms with E-state index in [1.807, 2.05) is 5.38 Å². The molecule has 0 aromatic carbocycles. The van der Waals surface area contributed by atoms with Crippen LogP contribution in [0, 0.1) is 0 Å². The Bertz CT molecular complexity index is 409. The highest BCUT2D eigenvalue weighted by Gasteiger charge is 2.12. The zero-order chi connectivity index (χ0) is 9.97. The quantitative estimate of drug-likeness (QED) is 0.756. The molecule has 0 aliphatic carbocycles. The first kappa shape index (κ1) is 9.27. The molecule has 0 saturated carbocycles. The Morgan fingerprint density at radius 1 is 1.07 bits per heavy atom. The Labute approximate surface area is 86.9 Å². The number of nitrogens with zero attached hydrogens (tertiary/aromatic N) is 3. The summed E-state index contributed by atoms with van der Waals surface area (Å²) in [5.74, 6) is 0.377. The molecule has 0 radical (unpaired) electrons. The van der Waals surface area contributed by atoms with Crippen LogP contribution in [0.4, 0.5) is 0 Å². The van der Waals surface area contributed by atoms with Gasteiger partial charge in [-0.25, -0.2) is 4.98 Å². The van der Waals surface area contributed by atoms with Gasteiger partial charge < -0.3 is 0 Å². The van der Waals surface area contributed by atoms with E-state index in [-0.39, 0.29) is 0 Å². The molecule has 0 spiro atoms. The molecule has 0 saturated heterocycles. The monoisotopic (exact) mass is 205 g/mol. The summed E-state index contributed by atoms with van der Waals surface area (Å²) >= 11 is 1.59. The lowest BCUT2D eigenvalue weighted by Gasteiger charge is -2.07. The number of aromatic nitrogens is 3. The average Bonchev–Trinajstić information content (AvgIpc) is 2.70. The first-order valence-corrected chi connectivity index (χ1v) is 5.37. The van der Waals surface area contributed by atoms with Gasteiger partial charge in [0, 0.05) is 24.0 Å². The second-order valence-corrected chi connectivity index (χ2v) is 4.18. The van der Waals surface area contributed by atoms with Crippen molar-refractivity contribution in [3.05, 3.63) is 29.7 Å². The minimum Gasteiger partial charge on any atom is -0.257 e. The van der Waals surface area contributed by atoms with Crippen LogP contribution in [-0.2, 0) is 0 Å². The van der Waals surface area contributed by atoms with Gasteiger partial charge in [0.15, 0.2) is 0 Å². The molecule has 2 heterocycles. The van der Waals surface area contributed by atoms with Gasteiger partial charge in [-0.1, -0.05) is 13.8 Å². The van der Waals surface area contributed by atoms with Gasteiger partial charge in [0.1, 0.15) is 10.7 Å². The van der Waals surface area contributed by atoms with Gasteiger partial charge in [-0.05, 0) is 5.92 Å². The first-order chi connectivity index (χ1) is 6.79. The Hall–Kier alpha value is -1.29. The molecule has 72 valence electrons. The molecule has 0 aliphatic rings. The molecule has 4 heteroatoms. The molecular weight excluding hydrogens is 194 g/mol. The molecule has 0 N–H and O–H groups in total. The van der Waals surface area contributed by atoms with Gasteiger partial charge in [0.25, 0.3) is 0 Å². The fraction of sp³-hybridized carbons (Fsp3) is 0.300. The van der Waals surface area contributed by atoms with Gasteiger partial charge in [-0.15, -0.1) is 11.3 Å². The van der Waals surface area contributed by atoms with Gasteiger partial charge in [-0.3, -0.25) is 9.97 Å².